The highest BCUT2D eigenvalue weighted by molar-refractivity contribution is 7.98. The second-order valence-corrected chi connectivity index (χ2v) is 8.37. The zero-order valence-electron chi connectivity index (χ0n) is 17.8. The van der Waals surface area contributed by atoms with Gasteiger partial charge in [0.2, 0.25) is 0 Å². The fourth-order valence-electron chi connectivity index (χ4n) is 3.94. The number of hydrogen-bond donors (Lipinski definition) is 3. The molecule has 6 nitrogen and oxygen atoms in total. The summed E-state index contributed by atoms with van der Waals surface area (Å²) in [7, 11) is 0. The summed E-state index contributed by atoms with van der Waals surface area (Å²) < 4.78 is 0. The zero-order chi connectivity index (χ0) is 21.4. The molecule has 32 heavy (non-hydrogen) atoms. The van der Waals surface area contributed by atoms with Crippen molar-refractivity contribution in [3.05, 3.63) is 59.9 Å². The van der Waals surface area contributed by atoms with Crippen LogP contribution in [0.3, 0.4) is 0 Å². The molecular formula is C25H28N6S. The predicted octanol–water partition coefficient (Wildman–Crippen LogP) is 5.94. The van der Waals surface area contributed by atoms with E-state index in [2.05, 4.69) is 75.9 Å². The lowest BCUT2D eigenvalue weighted by atomic mass is 9.98. The molecule has 0 saturated heterocycles. The van der Waals surface area contributed by atoms with Gasteiger partial charge in [-0.15, -0.1) is 11.8 Å². The van der Waals surface area contributed by atoms with E-state index in [9.17, 15) is 0 Å². The summed E-state index contributed by atoms with van der Waals surface area (Å²) in [4.78, 5) is 13.9. The van der Waals surface area contributed by atoms with Crippen LogP contribution >= 0.6 is 11.8 Å². The van der Waals surface area contributed by atoms with Crippen LogP contribution in [0.1, 0.15) is 25.5 Å². The Bertz CT molecular complexity index is 1380. The Morgan fingerprint density at radius 3 is 2.78 bits per heavy atom. The number of imidazole rings is 1. The van der Waals surface area contributed by atoms with Crippen molar-refractivity contribution in [2.45, 2.75) is 32.7 Å². The van der Waals surface area contributed by atoms with Crippen LogP contribution in [0, 0.1) is 6.92 Å². The SMILES string of the molecule is C.CCNCc1cncc(-c2ccc3[nH]nc(-c4nc5c(SC)cccc5[nH]4)c3c2)c1C. The van der Waals surface area contributed by atoms with Crippen LogP contribution in [0.2, 0.25) is 0 Å². The lowest BCUT2D eigenvalue weighted by Crippen LogP contribution is -2.13. The highest BCUT2D eigenvalue weighted by Gasteiger charge is 2.16. The number of fused-ring (bicyclic) bond motifs is 2. The molecule has 0 saturated carbocycles. The molecule has 0 radical (unpaired) electrons. The number of para-hydroxylation sites is 1. The van der Waals surface area contributed by atoms with Crippen molar-refractivity contribution in [1.82, 2.24) is 30.5 Å². The molecule has 7 heteroatoms. The van der Waals surface area contributed by atoms with Crippen LogP contribution in [-0.2, 0) is 6.54 Å². The maximum absolute atomic E-state index is 4.86. The zero-order valence-corrected chi connectivity index (χ0v) is 18.6. The summed E-state index contributed by atoms with van der Waals surface area (Å²) in [6.45, 7) is 6.03. The highest BCUT2D eigenvalue weighted by Crippen LogP contribution is 2.33. The van der Waals surface area contributed by atoms with E-state index in [-0.39, 0.29) is 7.43 Å². The molecule has 0 bridgehead atoms. The Labute approximate surface area is 192 Å². The largest absolute Gasteiger partial charge is 0.337 e. The van der Waals surface area contributed by atoms with E-state index >= 15 is 0 Å². The van der Waals surface area contributed by atoms with Crippen LogP contribution in [0.15, 0.2) is 53.7 Å². The molecular weight excluding hydrogens is 416 g/mol. The van der Waals surface area contributed by atoms with Crippen molar-refractivity contribution in [2.24, 2.45) is 0 Å². The third kappa shape index (κ3) is 3.78. The number of thioether (sulfide) groups is 1. The van der Waals surface area contributed by atoms with Gasteiger partial charge < -0.3 is 10.3 Å². The molecule has 2 aromatic carbocycles. The number of nitrogens with zero attached hydrogens (tertiary/aromatic N) is 3. The van der Waals surface area contributed by atoms with Crippen molar-refractivity contribution >= 4 is 33.7 Å². The predicted molar refractivity (Wildman–Crippen MR) is 135 cm³/mol. The number of rotatable bonds is 6. The van der Waals surface area contributed by atoms with E-state index in [0.29, 0.717) is 0 Å². The molecule has 3 N–H and O–H groups in total. The lowest BCUT2D eigenvalue weighted by Gasteiger charge is -2.11. The first-order valence-corrected chi connectivity index (χ1v) is 11.6. The summed E-state index contributed by atoms with van der Waals surface area (Å²) in [6, 6.07) is 12.6. The molecule has 0 fully saturated rings. The van der Waals surface area contributed by atoms with Crippen LogP contribution in [0.5, 0.6) is 0 Å². The van der Waals surface area contributed by atoms with Crippen LogP contribution in [-0.4, -0.2) is 37.9 Å². The van der Waals surface area contributed by atoms with E-state index < -0.39 is 0 Å². The molecule has 0 amide bonds. The molecule has 0 aliphatic rings. The Morgan fingerprint density at radius 2 is 1.97 bits per heavy atom. The van der Waals surface area contributed by atoms with Gasteiger partial charge >= 0.3 is 0 Å². The Hall–Kier alpha value is -3.16. The monoisotopic (exact) mass is 444 g/mol. The van der Waals surface area contributed by atoms with Crippen molar-refractivity contribution in [3.63, 3.8) is 0 Å². The minimum atomic E-state index is 0. The molecule has 0 unspecified atom stereocenters. The van der Waals surface area contributed by atoms with Crippen LogP contribution < -0.4 is 5.32 Å². The van der Waals surface area contributed by atoms with Gasteiger partial charge in [-0.25, -0.2) is 4.98 Å². The number of nitrogens with one attached hydrogen (secondary N) is 3. The minimum Gasteiger partial charge on any atom is -0.337 e. The average molecular weight is 445 g/mol. The van der Waals surface area contributed by atoms with Crippen molar-refractivity contribution < 1.29 is 0 Å². The number of H-pyrrole nitrogens is 2. The first-order chi connectivity index (χ1) is 15.2. The molecule has 0 spiro atoms. The fourth-order valence-corrected chi connectivity index (χ4v) is 4.51. The quantitative estimate of drug-likeness (QED) is 0.282. The van der Waals surface area contributed by atoms with Gasteiger partial charge in [0.1, 0.15) is 11.2 Å². The standard InChI is InChI=1S/C24H24N6S.CH4/c1-4-25-11-16-12-26-13-18(14(16)2)15-8-9-19-17(10-15)22(30-29-19)24-27-20-6-5-7-21(31-3)23(20)28-24;/h5-10,12-13,25H,4,11H2,1-3H3,(H,27,28)(H,29,30);1H4. The van der Waals surface area contributed by atoms with E-state index in [1.165, 1.54) is 11.1 Å². The van der Waals surface area contributed by atoms with Gasteiger partial charge in [0.25, 0.3) is 0 Å². The van der Waals surface area contributed by atoms with Crippen molar-refractivity contribution in [2.75, 3.05) is 12.8 Å². The van der Waals surface area contributed by atoms with Gasteiger partial charge in [-0.2, -0.15) is 5.10 Å². The Morgan fingerprint density at radius 1 is 1.09 bits per heavy atom. The molecule has 3 heterocycles. The maximum atomic E-state index is 4.86. The van der Waals surface area contributed by atoms with Gasteiger partial charge in [0.15, 0.2) is 5.82 Å². The average Bonchev–Trinajstić information content (AvgIpc) is 3.41. The highest BCUT2D eigenvalue weighted by atomic mass is 32.2. The van der Waals surface area contributed by atoms with Gasteiger partial charge in [-0.05, 0) is 60.7 Å². The third-order valence-electron chi connectivity index (χ3n) is 5.68. The first kappa shape index (κ1) is 22.0. The Balaban J connectivity index is 0.00000245. The summed E-state index contributed by atoms with van der Waals surface area (Å²) in [5.41, 5.74) is 8.53. The molecule has 0 atom stereocenters. The van der Waals surface area contributed by atoms with Gasteiger partial charge in [-0.1, -0.05) is 26.5 Å². The smallest absolute Gasteiger partial charge is 0.159 e. The van der Waals surface area contributed by atoms with Crippen molar-refractivity contribution in [3.8, 4) is 22.6 Å². The summed E-state index contributed by atoms with van der Waals surface area (Å²) >= 11 is 1.70. The molecule has 0 aliphatic carbocycles. The topological polar surface area (TPSA) is 82.3 Å². The van der Waals surface area contributed by atoms with Crippen LogP contribution in [0.25, 0.3) is 44.6 Å². The summed E-state index contributed by atoms with van der Waals surface area (Å²) in [6.07, 6.45) is 5.96. The minimum absolute atomic E-state index is 0. The molecule has 5 rings (SSSR count). The summed E-state index contributed by atoms with van der Waals surface area (Å²) in [5, 5.41) is 12.2. The number of hydrogen-bond acceptors (Lipinski definition) is 5. The van der Waals surface area contributed by atoms with E-state index in [1.54, 1.807) is 11.8 Å². The Kier molecular flexibility index (Phi) is 6.30. The van der Waals surface area contributed by atoms with Gasteiger partial charge in [0.05, 0.1) is 11.0 Å². The van der Waals surface area contributed by atoms with Gasteiger partial charge in [-0.3, -0.25) is 10.1 Å². The molecule has 164 valence electrons. The number of aromatic nitrogens is 5. The van der Waals surface area contributed by atoms with E-state index in [0.717, 1.165) is 62.6 Å². The van der Waals surface area contributed by atoms with Gasteiger partial charge in [0, 0.05) is 34.8 Å². The maximum Gasteiger partial charge on any atom is 0.159 e. The number of aromatic amines is 2. The molecule has 3 aromatic heterocycles. The van der Waals surface area contributed by atoms with E-state index in [1.807, 2.05) is 18.5 Å². The molecule has 0 aliphatic heterocycles. The fraction of sp³-hybridized carbons (Fsp3) is 0.240. The lowest BCUT2D eigenvalue weighted by molar-refractivity contribution is 0.721. The molecule has 5 aromatic rings. The second-order valence-electron chi connectivity index (χ2n) is 7.53. The summed E-state index contributed by atoms with van der Waals surface area (Å²) in [5.74, 6) is 0.774. The first-order valence-electron chi connectivity index (χ1n) is 10.4. The second kappa shape index (κ2) is 9.14. The van der Waals surface area contributed by atoms with Crippen LogP contribution in [0.4, 0.5) is 0 Å². The van der Waals surface area contributed by atoms with Crippen molar-refractivity contribution in [1.29, 1.82) is 0 Å². The van der Waals surface area contributed by atoms with E-state index in [4.69, 9.17) is 4.98 Å². The number of pyridine rings is 1. The number of benzene rings is 2. The third-order valence-corrected chi connectivity index (χ3v) is 6.45. The normalized spacial score (nSPS) is 11.2.